The fourth-order valence-corrected chi connectivity index (χ4v) is 2.45. The van der Waals surface area contributed by atoms with Crippen LogP contribution in [0.25, 0.3) is 11.4 Å². The molecule has 0 fully saturated rings. The van der Waals surface area contributed by atoms with Gasteiger partial charge in [-0.05, 0) is 45.2 Å². The van der Waals surface area contributed by atoms with Gasteiger partial charge in [-0.2, -0.15) is 0 Å². The van der Waals surface area contributed by atoms with Crippen LogP contribution in [-0.2, 0) is 6.42 Å². The maximum absolute atomic E-state index is 4.74. The second kappa shape index (κ2) is 6.04. The molecule has 1 aromatic heterocycles. The zero-order valence-corrected chi connectivity index (χ0v) is 13.0. The maximum atomic E-state index is 4.74. The van der Waals surface area contributed by atoms with Gasteiger partial charge >= 0.3 is 0 Å². The fraction of sp³-hybridized carbons (Fsp3) is 0.412. The van der Waals surface area contributed by atoms with Crippen molar-refractivity contribution in [1.82, 2.24) is 9.97 Å². The third-order valence-corrected chi connectivity index (χ3v) is 3.76. The van der Waals surface area contributed by atoms with Gasteiger partial charge in [0.25, 0.3) is 0 Å². The molecule has 0 radical (unpaired) electrons. The average Bonchev–Trinajstić information content (AvgIpc) is 2.42. The number of hydrogen-bond donors (Lipinski definition) is 1. The Bertz CT molecular complexity index is 618. The molecule has 0 saturated heterocycles. The Morgan fingerprint density at radius 3 is 2.45 bits per heavy atom. The summed E-state index contributed by atoms with van der Waals surface area (Å²) < 4.78 is 0. The summed E-state index contributed by atoms with van der Waals surface area (Å²) in [5.41, 5.74) is 5.91. The van der Waals surface area contributed by atoms with Crippen molar-refractivity contribution in [3.63, 3.8) is 0 Å². The van der Waals surface area contributed by atoms with Crippen molar-refractivity contribution < 1.29 is 0 Å². The minimum atomic E-state index is 0.817. The van der Waals surface area contributed by atoms with Gasteiger partial charge in [0.15, 0.2) is 5.82 Å². The lowest BCUT2D eigenvalue weighted by atomic mass is 10.0. The molecule has 0 unspecified atom stereocenters. The van der Waals surface area contributed by atoms with E-state index in [-0.39, 0.29) is 0 Å². The van der Waals surface area contributed by atoms with Crippen molar-refractivity contribution in [3.05, 3.63) is 40.6 Å². The summed E-state index contributed by atoms with van der Waals surface area (Å²) in [6, 6.07) is 6.28. The van der Waals surface area contributed by atoms with Crippen molar-refractivity contribution in [2.75, 3.05) is 11.9 Å². The maximum Gasteiger partial charge on any atom is 0.162 e. The van der Waals surface area contributed by atoms with Crippen molar-refractivity contribution >= 4 is 5.82 Å². The molecule has 0 atom stereocenters. The predicted octanol–water partition coefficient (Wildman–Crippen LogP) is 4.06. The van der Waals surface area contributed by atoms with Gasteiger partial charge in [0.2, 0.25) is 0 Å². The van der Waals surface area contributed by atoms with E-state index >= 15 is 0 Å². The van der Waals surface area contributed by atoms with Crippen LogP contribution < -0.4 is 5.32 Å². The summed E-state index contributed by atoms with van der Waals surface area (Å²) in [6.45, 7) is 11.4. The molecule has 1 N–H and O–H groups in total. The highest BCUT2D eigenvalue weighted by Gasteiger charge is 2.13. The van der Waals surface area contributed by atoms with Crippen LogP contribution in [0.5, 0.6) is 0 Å². The van der Waals surface area contributed by atoms with Gasteiger partial charge in [0, 0.05) is 23.4 Å². The number of aryl methyl sites for hydroxylation is 2. The monoisotopic (exact) mass is 269 g/mol. The third-order valence-electron chi connectivity index (χ3n) is 3.76. The van der Waals surface area contributed by atoms with Crippen LogP contribution in [-0.4, -0.2) is 16.5 Å². The second-order valence-electron chi connectivity index (χ2n) is 5.09. The number of rotatable bonds is 4. The molecule has 1 heterocycles. The van der Waals surface area contributed by atoms with Gasteiger partial charge in [-0.15, -0.1) is 0 Å². The first-order chi connectivity index (χ1) is 9.58. The number of aromatic nitrogens is 2. The van der Waals surface area contributed by atoms with E-state index in [1.54, 1.807) is 0 Å². The van der Waals surface area contributed by atoms with E-state index in [2.05, 4.69) is 58.1 Å². The normalized spacial score (nSPS) is 10.7. The minimum absolute atomic E-state index is 0.817. The number of hydrogen-bond acceptors (Lipinski definition) is 3. The summed E-state index contributed by atoms with van der Waals surface area (Å²) in [7, 11) is 0. The molecule has 3 nitrogen and oxygen atoms in total. The topological polar surface area (TPSA) is 37.8 Å². The van der Waals surface area contributed by atoms with Gasteiger partial charge in [-0.25, -0.2) is 9.97 Å². The Hall–Kier alpha value is -1.90. The van der Waals surface area contributed by atoms with Crippen molar-refractivity contribution in [2.45, 2.75) is 41.0 Å². The van der Waals surface area contributed by atoms with Gasteiger partial charge in [-0.1, -0.05) is 25.1 Å². The summed E-state index contributed by atoms with van der Waals surface area (Å²) in [5.74, 6) is 1.79. The number of nitrogens with zero attached hydrogens (tertiary/aromatic N) is 2. The van der Waals surface area contributed by atoms with Crippen molar-refractivity contribution in [1.29, 1.82) is 0 Å². The SMILES string of the molecule is CCNc1nc(-c2cccc(C)c2C)nc(C)c1CC. The first-order valence-electron chi connectivity index (χ1n) is 7.26. The molecule has 0 aliphatic carbocycles. The van der Waals surface area contributed by atoms with Gasteiger partial charge < -0.3 is 5.32 Å². The molecule has 0 aliphatic heterocycles. The molecule has 20 heavy (non-hydrogen) atoms. The summed E-state index contributed by atoms with van der Waals surface area (Å²) >= 11 is 0. The second-order valence-corrected chi connectivity index (χ2v) is 5.09. The van der Waals surface area contributed by atoms with Crippen LogP contribution in [0, 0.1) is 20.8 Å². The lowest BCUT2D eigenvalue weighted by Crippen LogP contribution is -2.08. The third kappa shape index (κ3) is 2.67. The van der Waals surface area contributed by atoms with Gasteiger partial charge in [0.1, 0.15) is 5.82 Å². The van der Waals surface area contributed by atoms with Crippen LogP contribution >= 0.6 is 0 Å². The predicted molar refractivity (Wildman–Crippen MR) is 85.2 cm³/mol. The van der Waals surface area contributed by atoms with Crippen LogP contribution in [0.3, 0.4) is 0 Å². The Kier molecular flexibility index (Phi) is 4.38. The molecule has 0 saturated carbocycles. The molecule has 1 aromatic carbocycles. The smallest absolute Gasteiger partial charge is 0.162 e. The molecule has 106 valence electrons. The van der Waals surface area contributed by atoms with Gasteiger partial charge in [-0.3, -0.25) is 0 Å². The molecular formula is C17H23N3. The number of benzene rings is 1. The van der Waals surface area contributed by atoms with E-state index in [9.17, 15) is 0 Å². The van der Waals surface area contributed by atoms with Crippen LogP contribution in [0.15, 0.2) is 18.2 Å². The number of nitrogens with one attached hydrogen (secondary N) is 1. The summed E-state index contributed by atoms with van der Waals surface area (Å²) in [6.07, 6.45) is 0.946. The number of anilines is 1. The molecule has 0 bridgehead atoms. The van der Waals surface area contributed by atoms with E-state index in [0.717, 1.165) is 35.9 Å². The lowest BCUT2D eigenvalue weighted by molar-refractivity contribution is 0.988. The van der Waals surface area contributed by atoms with Crippen molar-refractivity contribution in [2.24, 2.45) is 0 Å². The molecule has 3 heteroatoms. The van der Waals surface area contributed by atoms with E-state index in [1.807, 2.05) is 0 Å². The fourth-order valence-electron chi connectivity index (χ4n) is 2.45. The summed E-state index contributed by atoms with van der Waals surface area (Å²) in [4.78, 5) is 9.45. The quantitative estimate of drug-likeness (QED) is 0.909. The zero-order valence-electron chi connectivity index (χ0n) is 13.0. The van der Waals surface area contributed by atoms with E-state index in [4.69, 9.17) is 9.97 Å². The first kappa shape index (κ1) is 14.5. The lowest BCUT2D eigenvalue weighted by Gasteiger charge is -2.14. The molecule has 2 rings (SSSR count). The molecule has 0 aliphatic rings. The van der Waals surface area contributed by atoms with Crippen molar-refractivity contribution in [3.8, 4) is 11.4 Å². The minimum Gasteiger partial charge on any atom is -0.370 e. The Morgan fingerprint density at radius 2 is 1.80 bits per heavy atom. The van der Waals surface area contributed by atoms with E-state index < -0.39 is 0 Å². The molecular weight excluding hydrogens is 246 g/mol. The van der Waals surface area contributed by atoms with Crippen LogP contribution in [0.1, 0.15) is 36.2 Å². The Balaban J connectivity index is 2.60. The van der Waals surface area contributed by atoms with E-state index in [1.165, 1.54) is 16.7 Å². The van der Waals surface area contributed by atoms with Gasteiger partial charge in [0.05, 0.1) is 0 Å². The largest absolute Gasteiger partial charge is 0.370 e. The standard InChI is InChI=1S/C17H23N3/c1-6-14-13(5)19-17(20-16(14)18-7-2)15-10-8-9-11(3)12(15)4/h8-10H,6-7H2,1-5H3,(H,18,19,20). The molecule has 0 spiro atoms. The van der Waals surface area contributed by atoms with E-state index in [0.29, 0.717) is 0 Å². The van der Waals surface area contributed by atoms with Crippen LogP contribution in [0.2, 0.25) is 0 Å². The summed E-state index contributed by atoms with van der Waals surface area (Å²) in [5, 5.41) is 3.36. The average molecular weight is 269 g/mol. The Morgan fingerprint density at radius 1 is 1.05 bits per heavy atom. The molecule has 0 amide bonds. The zero-order chi connectivity index (χ0) is 14.7. The first-order valence-corrected chi connectivity index (χ1v) is 7.26. The van der Waals surface area contributed by atoms with Crippen LogP contribution in [0.4, 0.5) is 5.82 Å². The molecule has 2 aromatic rings. The highest BCUT2D eigenvalue weighted by Crippen LogP contribution is 2.26. The highest BCUT2D eigenvalue weighted by atomic mass is 15.0. The Labute approximate surface area is 121 Å². The highest BCUT2D eigenvalue weighted by molar-refractivity contribution is 5.64.